The Morgan fingerprint density at radius 2 is 1.41 bits per heavy atom. The third kappa shape index (κ3) is 3.30. The summed E-state index contributed by atoms with van der Waals surface area (Å²) in [6, 6.07) is 29.9. The molecule has 0 atom stereocenters. The quantitative estimate of drug-likeness (QED) is 0.448. The second kappa shape index (κ2) is 8.04. The first-order valence-corrected chi connectivity index (χ1v) is 10.2. The number of carbonyl (C=O) groups excluding carboxylic acids is 2. The molecule has 0 saturated heterocycles. The van der Waals surface area contributed by atoms with E-state index in [9.17, 15) is 9.59 Å². The summed E-state index contributed by atoms with van der Waals surface area (Å²) in [5, 5.41) is 5.29. The van der Waals surface area contributed by atoms with Gasteiger partial charge in [0.25, 0.3) is 11.8 Å². The fourth-order valence-electron chi connectivity index (χ4n) is 3.95. The van der Waals surface area contributed by atoms with E-state index in [1.807, 2.05) is 72.8 Å². The van der Waals surface area contributed by atoms with Crippen LogP contribution in [0.2, 0.25) is 0 Å². The highest BCUT2D eigenvalue weighted by Gasteiger charge is 2.40. The minimum Gasteiger partial charge on any atom is -0.497 e. The van der Waals surface area contributed by atoms with Gasteiger partial charge in [-0.3, -0.25) is 9.59 Å². The molecule has 5 heteroatoms. The average molecular weight is 420 g/mol. The van der Waals surface area contributed by atoms with E-state index in [2.05, 4.69) is 5.32 Å². The second-order valence-electron chi connectivity index (χ2n) is 7.41. The van der Waals surface area contributed by atoms with Gasteiger partial charge in [0.15, 0.2) is 0 Å². The Labute approximate surface area is 185 Å². The Morgan fingerprint density at radius 3 is 2.16 bits per heavy atom. The number of rotatable bonds is 5. The molecular formula is C27H20N2O3. The van der Waals surface area contributed by atoms with Crippen molar-refractivity contribution >= 4 is 39.5 Å². The van der Waals surface area contributed by atoms with Crippen LogP contribution < -0.4 is 15.0 Å². The molecule has 1 heterocycles. The number of nitrogens with zero attached hydrogens (tertiary/aromatic N) is 1. The lowest BCUT2D eigenvalue weighted by Crippen LogP contribution is -2.32. The molecular weight excluding hydrogens is 400 g/mol. The molecule has 0 spiro atoms. The van der Waals surface area contributed by atoms with Gasteiger partial charge in [-0.15, -0.1) is 0 Å². The van der Waals surface area contributed by atoms with Gasteiger partial charge in [-0.05, 0) is 41.3 Å². The Kier molecular flexibility index (Phi) is 4.92. The topological polar surface area (TPSA) is 58.6 Å². The number of hydrogen-bond donors (Lipinski definition) is 1. The zero-order chi connectivity index (χ0) is 22.1. The molecule has 2 amide bonds. The molecule has 5 rings (SSSR count). The Balaban J connectivity index is 1.63. The van der Waals surface area contributed by atoms with Gasteiger partial charge >= 0.3 is 0 Å². The number of hydrogen-bond acceptors (Lipinski definition) is 4. The van der Waals surface area contributed by atoms with Crippen LogP contribution in [0.15, 0.2) is 103 Å². The third-order valence-electron chi connectivity index (χ3n) is 5.53. The van der Waals surface area contributed by atoms with Crippen molar-refractivity contribution in [3.63, 3.8) is 0 Å². The van der Waals surface area contributed by atoms with Crippen LogP contribution in [0, 0.1) is 0 Å². The smallest absolute Gasteiger partial charge is 0.282 e. The monoisotopic (exact) mass is 420 g/mol. The number of benzene rings is 4. The molecule has 0 unspecified atom stereocenters. The average Bonchev–Trinajstić information content (AvgIpc) is 3.09. The van der Waals surface area contributed by atoms with E-state index in [0.29, 0.717) is 22.6 Å². The van der Waals surface area contributed by atoms with E-state index in [0.717, 1.165) is 16.5 Å². The first-order chi connectivity index (χ1) is 15.7. The van der Waals surface area contributed by atoms with Crippen LogP contribution in [0.1, 0.15) is 5.56 Å². The standard InChI is InChI=1S/C27H20N2O3/c1-32-21-16-14-20(15-17-21)29-26(30)24(19-9-3-2-4-10-19)25(27(29)31)28-23-13-7-11-18-8-5-6-12-22(18)23/h2-17,28H,1H3. The molecule has 4 aromatic rings. The second-order valence-corrected chi connectivity index (χ2v) is 7.41. The summed E-state index contributed by atoms with van der Waals surface area (Å²) in [5.41, 5.74) is 2.55. The van der Waals surface area contributed by atoms with E-state index >= 15 is 0 Å². The number of fused-ring (bicyclic) bond motifs is 1. The summed E-state index contributed by atoms with van der Waals surface area (Å²) in [4.78, 5) is 28.3. The van der Waals surface area contributed by atoms with Gasteiger partial charge in [-0.2, -0.15) is 0 Å². The van der Waals surface area contributed by atoms with Crippen LogP contribution in [-0.2, 0) is 9.59 Å². The highest BCUT2D eigenvalue weighted by atomic mass is 16.5. The number of ether oxygens (including phenoxy) is 1. The lowest BCUT2D eigenvalue weighted by molar-refractivity contribution is -0.120. The largest absolute Gasteiger partial charge is 0.497 e. The summed E-state index contributed by atoms with van der Waals surface area (Å²) < 4.78 is 5.21. The first kappa shape index (κ1) is 19.6. The molecule has 4 aromatic carbocycles. The number of nitrogens with one attached hydrogen (secondary N) is 1. The predicted octanol–water partition coefficient (Wildman–Crippen LogP) is 5.25. The van der Waals surface area contributed by atoms with E-state index in [4.69, 9.17) is 4.74 Å². The van der Waals surface area contributed by atoms with Gasteiger partial charge in [0, 0.05) is 11.1 Å². The minimum atomic E-state index is -0.396. The van der Waals surface area contributed by atoms with Gasteiger partial charge in [-0.25, -0.2) is 4.90 Å². The maximum absolute atomic E-state index is 13.5. The fraction of sp³-hybridized carbons (Fsp3) is 0.0370. The summed E-state index contributed by atoms with van der Waals surface area (Å²) in [6.45, 7) is 0. The Bertz CT molecular complexity index is 1350. The highest BCUT2D eigenvalue weighted by Crippen LogP contribution is 2.35. The molecule has 0 fully saturated rings. The number of imide groups is 1. The zero-order valence-electron chi connectivity index (χ0n) is 17.4. The zero-order valence-corrected chi connectivity index (χ0v) is 17.4. The van der Waals surface area contributed by atoms with Crippen molar-refractivity contribution in [2.75, 3.05) is 17.3 Å². The van der Waals surface area contributed by atoms with Gasteiger partial charge in [-0.1, -0.05) is 66.7 Å². The van der Waals surface area contributed by atoms with Crippen molar-refractivity contribution in [2.24, 2.45) is 0 Å². The van der Waals surface area contributed by atoms with Crippen molar-refractivity contribution in [3.8, 4) is 5.75 Å². The number of methoxy groups -OCH3 is 1. The lowest BCUT2D eigenvalue weighted by atomic mass is 10.0. The van der Waals surface area contributed by atoms with Crippen LogP contribution in [0.25, 0.3) is 16.3 Å². The van der Waals surface area contributed by atoms with Crippen LogP contribution in [0.3, 0.4) is 0 Å². The number of anilines is 2. The van der Waals surface area contributed by atoms with E-state index in [-0.39, 0.29) is 11.6 Å². The third-order valence-corrected chi connectivity index (χ3v) is 5.53. The number of amides is 2. The normalized spacial score (nSPS) is 13.7. The van der Waals surface area contributed by atoms with Gasteiger partial charge in [0.2, 0.25) is 0 Å². The summed E-state index contributed by atoms with van der Waals surface area (Å²) >= 11 is 0. The summed E-state index contributed by atoms with van der Waals surface area (Å²) in [7, 11) is 1.57. The molecule has 5 nitrogen and oxygen atoms in total. The summed E-state index contributed by atoms with van der Waals surface area (Å²) in [5.74, 6) is -0.112. The molecule has 0 aromatic heterocycles. The van der Waals surface area contributed by atoms with Crippen LogP contribution in [0.4, 0.5) is 11.4 Å². The minimum absolute atomic E-state index is 0.258. The highest BCUT2D eigenvalue weighted by molar-refractivity contribution is 6.46. The molecule has 32 heavy (non-hydrogen) atoms. The van der Waals surface area contributed by atoms with Crippen LogP contribution in [-0.4, -0.2) is 18.9 Å². The first-order valence-electron chi connectivity index (χ1n) is 10.2. The van der Waals surface area contributed by atoms with Gasteiger partial charge in [0.05, 0.1) is 18.4 Å². The molecule has 0 aliphatic carbocycles. The van der Waals surface area contributed by atoms with Crippen molar-refractivity contribution < 1.29 is 14.3 Å². The predicted molar refractivity (Wildman–Crippen MR) is 126 cm³/mol. The molecule has 0 bridgehead atoms. The maximum Gasteiger partial charge on any atom is 0.282 e. The van der Waals surface area contributed by atoms with E-state index in [1.165, 1.54) is 4.90 Å². The molecule has 1 aliphatic heterocycles. The molecule has 156 valence electrons. The van der Waals surface area contributed by atoms with Crippen LogP contribution in [0.5, 0.6) is 5.75 Å². The van der Waals surface area contributed by atoms with Gasteiger partial charge in [0.1, 0.15) is 11.4 Å². The van der Waals surface area contributed by atoms with E-state index < -0.39 is 5.91 Å². The van der Waals surface area contributed by atoms with Crippen molar-refractivity contribution in [2.45, 2.75) is 0 Å². The van der Waals surface area contributed by atoms with Crippen molar-refractivity contribution in [3.05, 3.63) is 108 Å². The van der Waals surface area contributed by atoms with Crippen LogP contribution >= 0.6 is 0 Å². The number of carbonyl (C=O) groups is 2. The molecule has 1 aliphatic rings. The SMILES string of the molecule is COc1ccc(N2C(=O)C(Nc3cccc4ccccc34)=C(c3ccccc3)C2=O)cc1. The lowest BCUT2D eigenvalue weighted by Gasteiger charge is -2.16. The van der Waals surface area contributed by atoms with Gasteiger partial charge < -0.3 is 10.1 Å². The molecule has 0 radical (unpaired) electrons. The van der Waals surface area contributed by atoms with E-state index in [1.54, 1.807) is 31.4 Å². The molecule has 0 saturated carbocycles. The van der Waals surface area contributed by atoms with Crippen molar-refractivity contribution in [1.29, 1.82) is 0 Å². The summed E-state index contributed by atoms with van der Waals surface area (Å²) in [6.07, 6.45) is 0. The van der Waals surface area contributed by atoms with Crippen molar-refractivity contribution in [1.82, 2.24) is 0 Å². The fourth-order valence-corrected chi connectivity index (χ4v) is 3.95. The Hall–Kier alpha value is -4.38. The maximum atomic E-state index is 13.5. The molecule has 1 N–H and O–H groups in total. The Morgan fingerprint density at radius 1 is 0.719 bits per heavy atom.